The van der Waals surface area contributed by atoms with Gasteiger partial charge in [-0.2, -0.15) is 0 Å². The Labute approximate surface area is 119 Å². The van der Waals surface area contributed by atoms with Gasteiger partial charge in [-0.15, -0.1) is 0 Å². The summed E-state index contributed by atoms with van der Waals surface area (Å²) in [5, 5.41) is 2.71. The van der Waals surface area contributed by atoms with Gasteiger partial charge in [-0.3, -0.25) is 4.79 Å². The molecule has 0 radical (unpaired) electrons. The van der Waals surface area contributed by atoms with E-state index in [1.807, 2.05) is 19.1 Å². The van der Waals surface area contributed by atoms with Crippen LogP contribution in [0.5, 0.6) is 0 Å². The summed E-state index contributed by atoms with van der Waals surface area (Å²) < 4.78 is 14.6. The third kappa shape index (κ3) is 3.20. The summed E-state index contributed by atoms with van der Waals surface area (Å²) in [7, 11) is 0. The van der Waals surface area contributed by atoms with Crippen LogP contribution >= 0.6 is 15.9 Å². The van der Waals surface area contributed by atoms with E-state index in [2.05, 4.69) is 21.2 Å². The summed E-state index contributed by atoms with van der Waals surface area (Å²) in [6.45, 7) is 3.66. The van der Waals surface area contributed by atoms with Gasteiger partial charge >= 0.3 is 0 Å². The number of anilines is 1. The summed E-state index contributed by atoms with van der Waals surface area (Å²) in [5.74, 6) is -0.949. The molecule has 2 nitrogen and oxygen atoms in total. The van der Waals surface area contributed by atoms with Crippen LogP contribution in [0, 0.1) is 19.7 Å². The zero-order valence-corrected chi connectivity index (χ0v) is 12.2. The second-order valence-corrected chi connectivity index (χ2v) is 5.31. The number of benzene rings is 2. The van der Waals surface area contributed by atoms with Gasteiger partial charge in [0.05, 0.1) is 5.56 Å². The minimum absolute atomic E-state index is 0.0490. The van der Waals surface area contributed by atoms with Crippen LogP contribution in [0.4, 0.5) is 10.1 Å². The van der Waals surface area contributed by atoms with E-state index in [1.54, 1.807) is 19.1 Å². The molecule has 19 heavy (non-hydrogen) atoms. The normalized spacial score (nSPS) is 10.3. The fourth-order valence-electron chi connectivity index (χ4n) is 1.76. The number of rotatable bonds is 2. The second-order valence-electron chi connectivity index (χ2n) is 4.40. The molecule has 2 aromatic carbocycles. The number of carbonyl (C=O) groups excluding carboxylic acids is 1. The predicted molar refractivity (Wildman–Crippen MR) is 78.0 cm³/mol. The Bertz CT molecular complexity index is 640. The lowest BCUT2D eigenvalue weighted by atomic mass is 10.1. The van der Waals surface area contributed by atoms with Crippen molar-refractivity contribution in [3.05, 3.63) is 63.4 Å². The molecular formula is C15H13BrFNO. The fraction of sp³-hybridized carbons (Fsp3) is 0.133. The minimum Gasteiger partial charge on any atom is -0.322 e. The highest BCUT2D eigenvalue weighted by Crippen LogP contribution is 2.21. The number of halogens is 2. The molecule has 0 saturated heterocycles. The highest BCUT2D eigenvalue weighted by atomic mass is 79.9. The number of hydrogen-bond acceptors (Lipinski definition) is 1. The molecule has 2 rings (SSSR count). The third-order valence-electron chi connectivity index (χ3n) is 2.81. The van der Waals surface area contributed by atoms with E-state index in [9.17, 15) is 9.18 Å². The first-order valence-electron chi connectivity index (χ1n) is 5.81. The molecule has 98 valence electrons. The van der Waals surface area contributed by atoms with Crippen LogP contribution in [0.25, 0.3) is 0 Å². The number of carbonyl (C=O) groups is 1. The molecule has 2 aromatic rings. The van der Waals surface area contributed by atoms with Gasteiger partial charge in [0.2, 0.25) is 0 Å². The molecule has 1 N–H and O–H groups in total. The molecule has 4 heteroatoms. The first-order valence-corrected chi connectivity index (χ1v) is 6.60. The predicted octanol–water partition coefficient (Wildman–Crippen LogP) is 4.46. The molecule has 0 atom stereocenters. The Kier molecular flexibility index (Phi) is 4.00. The average molecular weight is 322 g/mol. The first kappa shape index (κ1) is 13.7. The van der Waals surface area contributed by atoms with E-state index >= 15 is 0 Å². The largest absolute Gasteiger partial charge is 0.322 e. The molecule has 0 saturated carbocycles. The maximum absolute atomic E-state index is 13.7. The van der Waals surface area contributed by atoms with Crippen molar-refractivity contribution in [1.82, 2.24) is 0 Å². The van der Waals surface area contributed by atoms with E-state index in [0.29, 0.717) is 5.69 Å². The Morgan fingerprint density at radius 3 is 2.53 bits per heavy atom. The van der Waals surface area contributed by atoms with Crippen molar-refractivity contribution in [3.8, 4) is 0 Å². The lowest BCUT2D eigenvalue weighted by Gasteiger charge is -2.09. The van der Waals surface area contributed by atoms with Crippen LogP contribution in [-0.2, 0) is 0 Å². The molecule has 0 unspecified atom stereocenters. The summed E-state index contributed by atoms with van der Waals surface area (Å²) >= 11 is 3.35. The first-order chi connectivity index (χ1) is 8.97. The van der Waals surface area contributed by atoms with Crippen molar-refractivity contribution in [3.63, 3.8) is 0 Å². The molecule has 0 aromatic heterocycles. The van der Waals surface area contributed by atoms with Gasteiger partial charge in [0.15, 0.2) is 0 Å². The van der Waals surface area contributed by atoms with E-state index in [0.717, 1.165) is 15.6 Å². The highest BCUT2D eigenvalue weighted by molar-refractivity contribution is 9.10. The van der Waals surface area contributed by atoms with Crippen LogP contribution in [0.15, 0.2) is 40.9 Å². The maximum atomic E-state index is 13.7. The van der Waals surface area contributed by atoms with Crippen LogP contribution in [0.2, 0.25) is 0 Å². The average Bonchev–Trinajstić information content (AvgIpc) is 2.32. The van der Waals surface area contributed by atoms with Crippen LogP contribution in [-0.4, -0.2) is 5.91 Å². The zero-order chi connectivity index (χ0) is 14.0. The van der Waals surface area contributed by atoms with E-state index in [4.69, 9.17) is 0 Å². The topological polar surface area (TPSA) is 29.1 Å². The van der Waals surface area contributed by atoms with Gasteiger partial charge in [-0.25, -0.2) is 4.39 Å². The van der Waals surface area contributed by atoms with Crippen molar-refractivity contribution in [2.45, 2.75) is 13.8 Å². The molecule has 0 fully saturated rings. The number of nitrogens with one attached hydrogen (secondary N) is 1. The monoisotopic (exact) mass is 321 g/mol. The Morgan fingerprint density at radius 1 is 1.16 bits per heavy atom. The summed E-state index contributed by atoms with van der Waals surface area (Å²) in [4.78, 5) is 12.0. The summed E-state index contributed by atoms with van der Waals surface area (Å²) in [6, 6.07) is 10.1. The molecule has 0 aliphatic heterocycles. The molecule has 1 amide bonds. The van der Waals surface area contributed by atoms with Crippen molar-refractivity contribution in [2.75, 3.05) is 5.32 Å². The van der Waals surface area contributed by atoms with Gasteiger partial charge in [-0.05, 0) is 55.3 Å². The fourth-order valence-corrected chi connectivity index (χ4v) is 2.24. The number of amides is 1. The Morgan fingerprint density at radius 2 is 1.89 bits per heavy atom. The molecule has 0 aliphatic rings. The van der Waals surface area contributed by atoms with Crippen molar-refractivity contribution >= 4 is 27.5 Å². The van der Waals surface area contributed by atoms with E-state index < -0.39 is 11.7 Å². The van der Waals surface area contributed by atoms with Gasteiger partial charge in [-0.1, -0.05) is 22.0 Å². The van der Waals surface area contributed by atoms with Crippen LogP contribution in [0.1, 0.15) is 21.5 Å². The standard InChI is InChI=1S/C15H13BrFNO/c1-9-3-5-12(13(17)7-9)15(19)18-14-6-4-11(16)8-10(14)2/h3-8H,1-2H3,(H,18,19). The van der Waals surface area contributed by atoms with Gasteiger partial charge in [0.1, 0.15) is 5.82 Å². The SMILES string of the molecule is Cc1ccc(C(=O)Nc2ccc(Br)cc2C)c(F)c1. The molecule has 0 aliphatic carbocycles. The Balaban J connectivity index is 2.25. The smallest absolute Gasteiger partial charge is 0.258 e. The maximum Gasteiger partial charge on any atom is 0.258 e. The van der Waals surface area contributed by atoms with Crippen LogP contribution < -0.4 is 5.32 Å². The molecule has 0 heterocycles. The summed E-state index contributed by atoms with van der Waals surface area (Å²) in [5.41, 5.74) is 2.42. The van der Waals surface area contributed by atoms with E-state index in [-0.39, 0.29) is 5.56 Å². The van der Waals surface area contributed by atoms with Crippen molar-refractivity contribution < 1.29 is 9.18 Å². The zero-order valence-electron chi connectivity index (χ0n) is 10.6. The molecule has 0 bridgehead atoms. The molecular weight excluding hydrogens is 309 g/mol. The summed E-state index contributed by atoms with van der Waals surface area (Å²) in [6.07, 6.45) is 0. The number of hydrogen-bond donors (Lipinski definition) is 1. The van der Waals surface area contributed by atoms with Crippen LogP contribution in [0.3, 0.4) is 0 Å². The van der Waals surface area contributed by atoms with E-state index in [1.165, 1.54) is 12.1 Å². The Hall–Kier alpha value is -1.68. The number of aryl methyl sites for hydroxylation is 2. The van der Waals surface area contributed by atoms with Crippen molar-refractivity contribution in [1.29, 1.82) is 0 Å². The van der Waals surface area contributed by atoms with Gasteiger partial charge in [0, 0.05) is 10.2 Å². The lowest BCUT2D eigenvalue weighted by molar-refractivity contribution is 0.102. The van der Waals surface area contributed by atoms with Gasteiger partial charge < -0.3 is 5.32 Å². The highest BCUT2D eigenvalue weighted by Gasteiger charge is 2.12. The second kappa shape index (κ2) is 5.53. The quantitative estimate of drug-likeness (QED) is 0.869. The molecule has 0 spiro atoms. The van der Waals surface area contributed by atoms with Crippen molar-refractivity contribution in [2.24, 2.45) is 0 Å². The minimum atomic E-state index is -0.507. The third-order valence-corrected chi connectivity index (χ3v) is 3.30. The lowest BCUT2D eigenvalue weighted by Crippen LogP contribution is -2.14. The van der Waals surface area contributed by atoms with Gasteiger partial charge in [0.25, 0.3) is 5.91 Å².